The molecule has 2 aliphatic rings. The van der Waals surface area contributed by atoms with E-state index in [1.54, 1.807) is 0 Å². The molecule has 1 heterocycles. The third kappa shape index (κ3) is 1.18. The average molecular weight is 147 g/mol. The molecule has 3 heteroatoms. The minimum absolute atomic E-state index is 0. The van der Waals surface area contributed by atoms with Crippen molar-refractivity contribution in [2.75, 3.05) is 6.54 Å². The number of halogens is 1. The molecule has 2 N–H and O–H groups in total. The molecule has 1 aliphatic heterocycles. The van der Waals surface area contributed by atoms with Crippen LogP contribution in [0.4, 0.5) is 0 Å². The van der Waals surface area contributed by atoms with Crippen molar-refractivity contribution in [1.29, 1.82) is 0 Å². The largest absolute Gasteiger partial charge is 0.387 e. The second-order valence-corrected chi connectivity index (χ2v) is 2.79. The number of amidine groups is 1. The first-order valence-corrected chi connectivity index (χ1v) is 3.15. The van der Waals surface area contributed by atoms with Crippen molar-refractivity contribution >= 4 is 18.2 Å². The molecule has 2 nitrogen and oxygen atoms in total. The normalized spacial score (nSPS) is 38.0. The zero-order valence-corrected chi connectivity index (χ0v) is 6.03. The van der Waals surface area contributed by atoms with E-state index in [1.165, 1.54) is 6.42 Å². The first-order valence-electron chi connectivity index (χ1n) is 3.15. The maximum absolute atomic E-state index is 5.50. The van der Waals surface area contributed by atoms with Gasteiger partial charge < -0.3 is 5.73 Å². The van der Waals surface area contributed by atoms with Gasteiger partial charge in [0.1, 0.15) is 0 Å². The van der Waals surface area contributed by atoms with Crippen LogP contribution < -0.4 is 5.73 Å². The summed E-state index contributed by atoms with van der Waals surface area (Å²) in [4.78, 5) is 4.15. The summed E-state index contributed by atoms with van der Waals surface area (Å²) in [5.74, 6) is 2.72. The zero-order valence-electron chi connectivity index (χ0n) is 5.21. The third-order valence-corrected chi connectivity index (χ3v) is 2.07. The zero-order chi connectivity index (χ0) is 5.56. The predicted molar refractivity (Wildman–Crippen MR) is 40.0 cm³/mol. The smallest absolute Gasteiger partial charge is 0.0940 e. The first kappa shape index (κ1) is 6.87. The molecule has 1 aliphatic carbocycles. The molecule has 0 aromatic carbocycles. The summed E-state index contributed by atoms with van der Waals surface area (Å²) in [6, 6.07) is 0. The van der Waals surface area contributed by atoms with Crippen LogP contribution in [-0.4, -0.2) is 12.4 Å². The van der Waals surface area contributed by atoms with Gasteiger partial charge in [0.05, 0.1) is 5.84 Å². The fourth-order valence-electron chi connectivity index (χ4n) is 1.35. The Morgan fingerprint density at radius 3 is 2.78 bits per heavy atom. The van der Waals surface area contributed by atoms with E-state index in [2.05, 4.69) is 4.99 Å². The van der Waals surface area contributed by atoms with Gasteiger partial charge in [-0.3, -0.25) is 4.99 Å². The predicted octanol–water partition coefficient (Wildman–Crippen LogP) is 0.805. The van der Waals surface area contributed by atoms with E-state index in [4.69, 9.17) is 5.73 Å². The second kappa shape index (κ2) is 2.18. The van der Waals surface area contributed by atoms with E-state index in [0.717, 1.165) is 30.6 Å². The molecular weight excluding hydrogens is 136 g/mol. The Morgan fingerprint density at radius 1 is 1.44 bits per heavy atom. The molecule has 0 spiro atoms. The van der Waals surface area contributed by atoms with Crippen molar-refractivity contribution in [2.24, 2.45) is 22.6 Å². The van der Waals surface area contributed by atoms with Gasteiger partial charge in [-0.05, 0) is 18.3 Å². The van der Waals surface area contributed by atoms with Crippen molar-refractivity contribution in [2.45, 2.75) is 12.8 Å². The number of nitrogens with zero attached hydrogens (tertiary/aromatic N) is 1. The molecule has 0 aromatic heterocycles. The Hall–Kier alpha value is -0.240. The maximum Gasteiger partial charge on any atom is 0.0940 e. The van der Waals surface area contributed by atoms with E-state index in [0.29, 0.717) is 0 Å². The SMILES string of the molecule is Cl.NC1=NCC2CC2C1. The molecular formula is C6H11ClN2. The minimum atomic E-state index is 0. The summed E-state index contributed by atoms with van der Waals surface area (Å²) in [6.45, 7) is 1.01. The molecule has 1 fully saturated rings. The van der Waals surface area contributed by atoms with Crippen LogP contribution in [0.5, 0.6) is 0 Å². The van der Waals surface area contributed by atoms with Crippen LogP contribution in [0.1, 0.15) is 12.8 Å². The lowest BCUT2D eigenvalue weighted by Gasteiger charge is -2.04. The number of aliphatic imine (C=N–C) groups is 1. The highest BCUT2D eigenvalue weighted by molar-refractivity contribution is 5.85. The molecule has 9 heavy (non-hydrogen) atoms. The van der Waals surface area contributed by atoms with Gasteiger partial charge >= 0.3 is 0 Å². The molecule has 0 amide bonds. The minimum Gasteiger partial charge on any atom is -0.387 e. The molecule has 0 radical (unpaired) electrons. The van der Waals surface area contributed by atoms with Gasteiger partial charge in [-0.25, -0.2) is 0 Å². The van der Waals surface area contributed by atoms with Gasteiger partial charge in [0, 0.05) is 13.0 Å². The highest BCUT2D eigenvalue weighted by atomic mass is 35.5. The Balaban J connectivity index is 0.000000405. The van der Waals surface area contributed by atoms with Gasteiger partial charge in [-0.15, -0.1) is 12.4 Å². The van der Waals surface area contributed by atoms with Crippen LogP contribution in [0.25, 0.3) is 0 Å². The van der Waals surface area contributed by atoms with E-state index >= 15 is 0 Å². The van der Waals surface area contributed by atoms with E-state index in [-0.39, 0.29) is 12.4 Å². The summed E-state index contributed by atoms with van der Waals surface area (Å²) in [7, 11) is 0. The molecule has 0 bridgehead atoms. The van der Waals surface area contributed by atoms with Crippen LogP contribution >= 0.6 is 12.4 Å². The summed E-state index contributed by atoms with van der Waals surface area (Å²) in [5.41, 5.74) is 5.50. The quantitative estimate of drug-likeness (QED) is 0.540. The Bertz CT molecular complexity index is 144. The third-order valence-electron chi connectivity index (χ3n) is 2.07. The summed E-state index contributed by atoms with van der Waals surface area (Å²) in [5, 5.41) is 0. The van der Waals surface area contributed by atoms with Crippen molar-refractivity contribution in [1.82, 2.24) is 0 Å². The lowest BCUT2D eigenvalue weighted by molar-refractivity contribution is 0.694. The Morgan fingerprint density at radius 2 is 2.22 bits per heavy atom. The van der Waals surface area contributed by atoms with Gasteiger partial charge in [0.2, 0.25) is 0 Å². The molecule has 1 saturated carbocycles. The topological polar surface area (TPSA) is 38.4 Å². The van der Waals surface area contributed by atoms with Crippen molar-refractivity contribution in [3.63, 3.8) is 0 Å². The molecule has 52 valence electrons. The molecule has 2 rings (SSSR count). The fraction of sp³-hybridized carbons (Fsp3) is 0.833. The maximum atomic E-state index is 5.50. The van der Waals surface area contributed by atoms with E-state index in [1.807, 2.05) is 0 Å². The Kier molecular flexibility index (Phi) is 1.66. The number of hydrogen-bond acceptors (Lipinski definition) is 2. The van der Waals surface area contributed by atoms with Crippen LogP contribution in [-0.2, 0) is 0 Å². The Labute approximate surface area is 60.9 Å². The molecule has 0 saturated heterocycles. The van der Waals surface area contributed by atoms with Crippen LogP contribution in [0.3, 0.4) is 0 Å². The summed E-state index contributed by atoms with van der Waals surface area (Å²) in [6.07, 6.45) is 2.45. The van der Waals surface area contributed by atoms with Crippen LogP contribution in [0.15, 0.2) is 4.99 Å². The number of fused-ring (bicyclic) bond motifs is 1. The van der Waals surface area contributed by atoms with Gasteiger partial charge in [0.25, 0.3) is 0 Å². The molecule has 2 unspecified atom stereocenters. The number of rotatable bonds is 0. The second-order valence-electron chi connectivity index (χ2n) is 2.79. The van der Waals surface area contributed by atoms with Crippen molar-refractivity contribution in [3.05, 3.63) is 0 Å². The monoisotopic (exact) mass is 146 g/mol. The highest BCUT2D eigenvalue weighted by Crippen LogP contribution is 2.43. The highest BCUT2D eigenvalue weighted by Gasteiger charge is 2.39. The van der Waals surface area contributed by atoms with E-state index < -0.39 is 0 Å². The molecule has 2 atom stereocenters. The van der Waals surface area contributed by atoms with E-state index in [9.17, 15) is 0 Å². The number of nitrogens with two attached hydrogens (primary N) is 1. The van der Waals surface area contributed by atoms with Gasteiger partial charge in [-0.2, -0.15) is 0 Å². The molecule has 0 aromatic rings. The van der Waals surface area contributed by atoms with Gasteiger partial charge in [-0.1, -0.05) is 0 Å². The standard InChI is InChI=1S/C6H10N2.ClH/c7-6-2-4-1-5(4)3-8-6;/h4-5H,1-3H2,(H2,7,8);1H. The average Bonchev–Trinajstić information content (AvgIpc) is 2.43. The van der Waals surface area contributed by atoms with Crippen LogP contribution in [0, 0.1) is 11.8 Å². The summed E-state index contributed by atoms with van der Waals surface area (Å²) >= 11 is 0. The lowest BCUT2D eigenvalue weighted by atomic mass is 10.2. The fourth-order valence-corrected chi connectivity index (χ4v) is 1.35. The number of hydrogen-bond donors (Lipinski definition) is 1. The van der Waals surface area contributed by atoms with Crippen molar-refractivity contribution < 1.29 is 0 Å². The van der Waals surface area contributed by atoms with Crippen LogP contribution in [0.2, 0.25) is 0 Å². The lowest BCUT2D eigenvalue weighted by Crippen LogP contribution is -2.17. The van der Waals surface area contributed by atoms with Crippen molar-refractivity contribution in [3.8, 4) is 0 Å². The van der Waals surface area contributed by atoms with Gasteiger partial charge in [0.15, 0.2) is 0 Å². The first-order chi connectivity index (χ1) is 3.86. The summed E-state index contributed by atoms with van der Waals surface area (Å²) < 4.78 is 0.